The maximum atomic E-state index is 12.4. The molecular weight excluding hydrogens is 565 g/mol. The fraction of sp³-hybridized carbons (Fsp3) is 0.185. The summed E-state index contributed by atoms with van der Waals surface area (Å²) in [6.45, 7) is 0.751. The molecule has 0 amide bonds. The fourth-order valence-corrected chi connectivity index (χ4v) is 5.12. The van der Waals surface area contributed by atoms with Crippen LogP contribution in [0.25, 0.3) is 17.1 Å². The van der Waals surface area contributed by atoms with Gasteiger partial charge in [-0.1, -0.05) is 53.7 Å². The predicted molar refractivity (Wildman–Crippen MR) is 151 cm³/mol. The molecule has 1 aliphatic rings. The van der Waals surface area contributed by atoms with Crippen LogP contribution in [0.5, 0.6) is 11.5 Å². The van der Waals surface area contributed by atoms with Crippen LogP contribution in [0, 0.1) is 0 Å². The zero-order valence-electron chi connectivity index (χ0n) is 21.0. The lowest BCUT2D eigenvalue weighted by molar-refractivity contribution is -0.274. The number of alkyl halides is 3. The molecule has 2 heterocycles. The third-order valence-corrected chi connectivity index (χ3v) is 7.13. The number of hydrogen-bond donors (Lipinski definition) is 0. The number of ether oxygens (including phenoxy) is 2. The highest BCUT2D eigenvalue weighted by atomic mass is 35.5. The molecular formula is C27H22ClF3N6O2S. The fourth-order valence-electron chi connectivity index (χ4n) is 3.96. The van der Waals surface area contributed by atoms with E-state index in [9.17, 15) is 13.2 Å². The van der Waals surface area contributed by atoms with Gasteiger partial charge in [0, 0.05) is 17.9 Å². The van der Waals surface area contributed by atoms with Gasteiger partial charge in [-0.05, 0) is 48.4 Å². The van der Waals surface area contributed by atoms with Crippen LogP contribution in [-0.2, 0) is 0 Å². The topological polar surface area (TPSA) is 77.1 Å². The highest BCUT2D eigenvalue weighted by molar-refractivity contribution is 8.14. The van der Waals surface area contributed by atoms with Gasteiger partial charge >= 0.3 is 6.36 Å². The van der Waals surface area contributed by atoms with Crippen LogP contribution in [0.4, 0.5) is 18.9 Å². The average Bonchev–Trinajstić information content (AvgIpc) is 3.44. The summed E-state index contributed by atoms with van der Waals surface area (Å²) in [4.78, 5) is 6.33. The van der Waals surface area contributed by atoms with Crippen LogP contribution in [-0.4, -0.2) is 51.9 Å². The Labute approximate surface area is 237 Å². The van der Waals surface area contributed by atoms with Crippen molar-refractivity contribution < 1.29 is 22.6 Å². The van der Waals surface area contributed by atoms with E-state index >= 15 is 0 Å². The second kappa shape index (κ2) is 12.0. The van der Waals surface area contributed by atoms with Crippen molar-refractivity contribution in [3.8, 4) is 28.6 Å². The third kappa shape index (κ3) is 6.57. The van der Waals surface area contributed by atoms with E-state index in [-0.39, 0.29) is 5.75 Å². The minimum atomic E-state index is -4.74. The second-order valence-corrected chi connectivity index (χ2v) is 9.92. The number of nitrogens with zero attached hydrogens (tertiary/aromatic N) is 6. The average molecular weight is 587 g/mol. The van der Waals surface area contributed by atoms with Crippen molar-refractivity contribution in [3.05, 3.63) is 83.6 Å². The summed E-state index contributed by atoms with van der Waals surface area (Å²) in [5.74, 6) is 1.75. The molecule has 0 bridgehead atoms. The molecule has 40 heavy (non-hydrogen) atoms. The Morgan fingerprint density at radius 3 is 2.55 bits per heavy atom. The second-order valence-electron chi connectivity index (χ2n) is 8.45. The number of halogens is 4. The zero-order valence-corrected chi connectivity index (χ0v) is 22.6. The first-order valence-electron chi connectivity index (χ1n) is 12.0. The van der Waals surface area contributed by atoms with Crippen LogP contribution >= 0.6 is 23.4 Å². The number of aromatic nitrogens is 3. The maximum Gasteiger partial charge on any atom is 0.573 e. The molecule has 0 N–H and O–H groups in total. The van der Waals surface area contributed by atoms with Crippen molar-refractivity contribution in [3.63, 3.8) is 0 Å². The molecule has 4 aromatic rings. The summed E-state index contributed by atoms with van der Waals surface area (Å²) in [7, 11) is 1.61. The van der Waals surface area contributed by atoms with E-state index in [1.165, 1.54) is 35.3 Å². The van der Waals surface area contributed by atoms with E-state index in [0.717, 1.165) is 40.7 Å². The molecule has 0 unspecified atom stereocenters. The summed E-state index contributed by atoms with van der Waals surface area (Å²) < 4.78 is 48.0. The van der Waals surface area contributed by atoms with Gasteiger partial charge in [-0.3, -0.25) is 0 Å². The summed E-state index contributed by atoms with van der Waals surface area (Å²) in [6, 6.07) is 18.3. The lowest BCUT2D eigenvalue weighted by atomic mass is 10.1. The Morgan fingerprint density at radius 2 is 1.82 bits per heavy atom. The predicted octanol–water partition coefficient (Wildman–Crippen LogP) is 6.83. The Balaban J connectivity index is 1.27. The number of thioether (sulfide) groups is 1. The van der Waals surface area contributed by atoms with E-state index in [2.05, 4.69) is 25.0 Å². The largest absolute Gasteiger partial charge is 0.573 e. The first kappa shape index (κ1) is 27.5. The van der Waals surface area contributed by atoms with Gasteiger partial charge in [0.05, 0.1) is 24.0 Å². The van der Waals surface area contributed by atoms with Crippen LogP contribution in [0.2, 0.25) is 5.02 Å². The zero-order chi connectivity index (χ0) is 28.1. The van der Waals surface area contributed by atoms with Crippen LogP contribution < -0.4 is 14.4 Å². The van der Waals surface area contributed by atoms with Gasteiger partial charge < -0.3 is 14.4 Å². The van der Waals surface area contributed by atoms with Crippen molar-refractivity contribution in [2.45, 2.75) is 12.8 Å². The monoisotopic (exact) mass is 586 g/mol. The third-order valence-electron chi connectivity index (χ3n) is 5.77. The van der Waals surface area contributed by atoms with Crippen LogP contribution in [0.3, 0.4) is 0 Å². The standard InChI is InChI=1S/C27H22ClF3N6O2S/c1-38-23-5-2-4-22(28)24(23)36-14-3-15-40-26(36)34-33-16-18-6-8-19(9-7-18)25-32-17-37(35-25)20-10-12-21(13-11-20)39-27(29,30)31/h2,4-13,16-17H,3,14-15H2,1H3. The first-order chi connectivity index (χ1) is 19.3. The minimum Gasteiger partial charge on any atom is -0.495 e. The van der Waals surface area contributed by atoms with Crippen LogP contribution in [0.1, 0.15) is 12.0 Å². The summed E-state index contributed by atoms with van der Waals surface area (Å²) >= 11 is 8.09. The Hall–Kier alpha value is -4.03. The number of rotatable bonds is 7. The van der Waals surface area contributed by atoms with E-state index in [4.69, 9.17) is 16.3 Å². The molecule has 206 valence electrons. The van der Waals surface area contributed by atoms with Crippen LogP contribution in [0.15, 0.2) is 83.3 Å². The van der Waals surface area contributed by atoms with Crippen molar-refractivity contribution in [2.75, 3.05) is 24.3 Å². The molecule has 0 spiro atoms. The molecule has 0 atom stereocenters. The normalized spacial score (nSPS) is 15.1. The number of para-hydroxylation sites is 1. The van der Waals surface area contributed by atoms with Gasteiger partial charge in [0.2, 0.25) is 0 Å². The SMILES string of the molecule is COc1cccc(Cl)c1N1CCCSC1=NN=Cc1ccc(-c2ncn(-c3ccc(OC(F)(F)F)cc3)n2)cc1. The number of anilines is 1. The van der Waals surface area contributed by atoms with Crippen molar-refractivity contribution in [1.29, 1.82) is 0 Å². The Morgan fingerprint density at radius 1 is 1.05 bits per heavy atom. The van der Waals surface area contributed by atoms with Gasteiger partial charge in [0.25, 0.3) is 0 Å². The quantitative estimate of drug-likeness (QED) is 0.175. The van der Waals surface area contributed by atoms with Crippen molar-refractivity contribution >= 4 is 40.4 Å². The van der Waals surface area contributed by atoms with E-state index < -0.39 is 6.36 Å². The summed E-state index contributed by atoms with van der Waals surface area (Å²) in [5.41, 5.74) is 2.91. The van der Waals surface area contributed by atoms with E-state index in [1.807, 2.05) is 47.4 Å². The lowest BCUT2D eigenvalue weighted by Gasteiger charge is -2.30. The number of hydrogen-bond acceptors (Lipinski definition) is 7. The molecule has 0 radical (unpaired) electrons. The summed E-state index contributed by atoms with van der Waals surface area (Å²) in [5, 5.41) is 14.5. The molecule has 1 aromatic heterocycles. The van der Waals surface area contributed by atoms with Gasteiger partial charge in [0.1, 0.15) is 23.5 Å². The smallest absolute Gasteiger partial charge is 0.495 e. The molecule has 8 nitrogen and oxygen atoms in total. The van der Waals surface area contributed by atoms with Crippen molar-refractivity contribution in [2.24, 2.45) is 10.2 Å². The first-order valence-corrected chi connectivity index (χ1v) is 13.4. The van der Waals surface area contributed by atoms with Gasteiger partial charge in [-0.15, -0.1) is 23.4 Å². The lowest BCUT2D eigenvalue weighted by Crippen LogP contribution is -2.34. The highest BCUT2D eigenvalue weighted by Crippen LogP contribution is 2.38. The summed E-state index contributed by atoms with van der Waals surface area (Å²) in [6.07, 6.45) is -0.622. The molecule has 1 fully saturated rings. The molecule has 5 rings (SSSR count). The van der Waals surface area contributed by atoms with E-state index in [0.29, 0.717) is 22.3 Å². The molecule has 3 aromatic carbocycles. The van der Waals surface area contributed by atoms with Gasteiger partial charge in [-0.25, -0.2) is 9.67 Å². The molecule has 13 heteroatoms. The van der Waals surface area contributed by atoms with Gasteiger partial charge in [0.15, 0.2) is 11.0 Å². The van der Waals surface area contributed by atoms with Crippen molar-refractivity contribution in [1.82, 2.24) is 14.8 Å². The number of methoxy groups -OCH3 is 1. The number of benzene rings is 3. The Bertz CT molecular complexity index is 1520. The van der Waals surface area contributed by atoms with Gasteiger partial charge in [-0.2, -0.15) is 5.10 Å². The number of amidine groups is 1. The molecule has 1 aliphatic heterocycles. The van der Waals surface area contributed by atoms with E-state index in [1.54, 1.807) is 25.1 Å². The maximum absolute atomic E-state index is 12.4. The molecule has 0 aliphatic carbocycles. The minimum absolute atomic E-state index is 0.308. The molecule has 1 saturated heterocycles. The molecule has 0 saturated carbocycles. The highest BCUT2D eigenvalue weighted by Gasteiger charge is 2.31. The Kier molecular flexibility index (Phi) is 8.27.